The molecule has 1 rings (SSSR count). The van der Waals surface area contributed by atoms with E-state index in [9.17, 15) is 4.39 Å². The van der Waals surface area contributed by atoms with Gasteiger partial charge in [-0.1, -0.05) is 11.5 Å². The van der Waals surface area contributed by atoms with Crippen LogP contribution in [0, 0.1) is 12.7 Å². The number of rotatable bonds is 1. The van der Waals surface area contributed by atoms with Crippen LogP contribution in [0.1, 0.15) is 5.56 Å². The molecule has 0 bridgehead atoms. The number of hydrogen-bond donors (Lipinski definition) is 0. The second-order valence-corrected chi connectivity index (χ2v) is 3.37. The predicted octanol–water partition coefficient (Wildman–Crippen LogP) is 1.11. The highest BCUT2D eigenvalue weighted by Gasteiger charge is 2.04. The van der Waals surface area contributed by atoms with Gasteiger partial charge in [0.2, 0.25) is 0 Å². The summed E-state index contributed by atoms with van der Waals surface area (Å²) in [6.45, 7) is 1.81. The minimum atomic E-state index is -0.0724. The fraction of sp³-hybridized carbons (Fsp3) is 0.250. The third kappa shape index (κ3) is 1.59. The van der Waals surface area contributed by atoms with Gasteiger partial charge in [-0.25, -0.2) is 4.39 Å². The lowest BCUT2D eigenvalue weighted by Crippen LogP contribution is -2.10. The van der Waals surface area contributed by atoms with Crippen molar-refractivity contribution < 1.29 is 4.39 Å². The first-order valence-electron chi connectivity index (χ1n) is 3.46. The minimum Gasteiger partial charge on any atom is -0.207 e. The molecule has 3 heteroatoms. The molecule has 0 spiro atoms. The molecule has 0 N–H and O–H groups in total. The van der Waals surface area contributed by atoms with Crippen LogP contribution in [-0.2, 0) is 0 Å². The van der Waals surface area contributed by atoms with E-state index in [2.05, 4.69) is 0 Å². The van der Waals surface area contributed by atoms with E-state index in [1.54, 1.807) is 19.6 Å². The molecule has 0 aliphatic rings. The van der Waals surface area contributed by atoms with Crippen LogP contribution in [0.5, 0.6) is 0 Å². The van der Waals surface area contributed by atoms with Crippen molar-refractivity contribution in [1.29, 1.82) is 0 Å². The third-order valence-electron chi connectivity index (χ3n) is 1.75. The fourth-order valence-corrected chi connectivity index (χ4v) is 1.62. The van der Waals surface area contributed by atoms with Gasteiger partial charge < -0.3 is 0 Å². The van der Waals surface area contributed by atoms with Crippen LogP contribution < -0.4 is 5.46 Å². The lowest BCUT2D eigenvalue weighted by molar-refractivity contribution is 0.622. The summed E-state index contributed by atoms with van der Waals surface area (Å²) < 4.78 is 13.2. The largest absolute Gasteiger partial charge is 0.207 e. The van der Waals surface area contributed by atoms with Gasteiger partial charge >= 0.3 is 0 Å². The molecule has 58 valence electrons. The highest BCUT2D eigenvalue weighted by Crippen LogP contribution is 2.19. The van der Waals surface area contributed by atoms with Gasteiger partial charge in [0.05, 0.1) is 0 Å². The van der Waals surface area contributed by atoms with Gasteiger partial charge in [-0.15, -0.1) is 11.8 Å². The maximum atomic E-state index is 13.2. The summed E-state index contributed by atoms with van der Waals surface area (Å²) in [5.41, 5.74) is 1.48. The van der Waals surface area contributed by atoms with E-state index in [0.29, 0.717) is 0 Å². The first-order chi connectivity index (χ1) is 5.16. The average molecular weight is 168 g/mol. The van der Waals surface area contributed by atoms with Crippen molar-refractivity contribution in [2.24, 2.45) is 0 Å². The highest BCUT2D eigenvalue weighted by atomic mass is 32.2. The van der Waals surface area contributed by atoms with E-state index in [4.69, 9.17) is 0 Å². The highest BCUT2D eigenvalue weighted by molar-refractivity contribution is 7.98. The zero-order valence-electron chi connectivity index (χ0n) is 6.94. The fourth-order valence-electron chi connectivity index (χ4n) is 1.02. The Kier molecular flexibility index (Phi) is 2.60. The molecule has 0 radical (unpaired) electrons. The molecule has 1 aromatic rings. The van der Waals surface area contributed by atoms with Crippen LogP contribution in [0.3, 0.4) is 0 Å². The SMILES string of the molecule is Bc1ccc(SC)c(C)c1F. The van der Waals surface area contributed by atoms with Crippen molar-refractivity contribution in [3.05, 3.63) is 23.5 Å². The van der Waals surface area contributed by atoms with Gasteiger partial charge in [0, 0.05) is 4.90 Å². The van der Waals surface area contributed by atoms with Crippen molar-refractivity contribution in [2.45, 2.75) is 11.8 Å². The smallest absolute Gasteiger partial charge is 0.143 e. The quantitative estimate of drug-likeness (QED) is 0.447. The average Bonchev–Trinajstić information content (AvgIpc) is 2.01. The number of halogens is 1. The molecular formula is C8H10BFS. The van der Waals surface area contributed by atoms with Crippen LogP contribution >= 0.6 is 11.8 Å². The van der Waals surface area contributed by atoms with Crippen LogP contribution in [0.4, 0.5) is 4.39 Å². The minimum absolute atomic E-state index is 0.0724. The summed E-state index contributed by atoms with van der Waals surface area (Å²) in [5.74, 6) is -0.0724. The summed E-state index contributed by atoms with van der Waals surface area (Å²) in [4.78, 5) is 1.02. The maximum absolute atomic E-state index is 13.2. The summed E-state index contributed by atoms with van der Waals surface area (Å²) in [5, 5.41) is 0. The normalized spacial score (nSPS) is 10.1. The van der Waals surface area contributed by atoms with Crippen molar-refractivity contribution in [2.75, 3.05) is 6.26 Å². The number of thioether (sulfide) groups is 1. The van der Waals surface area contributed by atoms with E-state index in [1.807, 2.05) is 25.3 Å². The molecule has 0 amide bonds. The molecule has 0 nitrogen and oxygen atoms in total. The van der Waals surface area contributed by atoms with Gasteiger partial charge in [0.25, 0.3) is 0 Å². The first kappa shape index (κ1) is 8.66. The van der Waals surface area contributed by atoms with Gasteiger partial charge in [0.1, 0.15) is 13.7 Å². The second-order valence-electron chi connectivity index (χ2n) is 2.52. The van der Waals surface area contributed by atoms with E-state index < -0.39 is 0 Å². The van der Waals surface area contributed by atoms with Gasteiger partial charge in [-0.05, 0) is 24.8 Å². The summed E-state index contributed by atoms with van der Waals surface area (Å²) in [7, 11) is 1.78. The molecule has 11 heavy (non-hydrogen) atoms. The lowest BCUT2D eigenvalue weighted by Gasteiger charge is -2.05. The van der Waals surface area contributed by atoms with E-state index >= 15 is 0 Å². The Labute approximate surface area is 71.6 Å². The summed E-state index contributed by atoms with van der Waals surface area (Å²) in [6, 6.07) is 3.77. The second kappa shape index (κ2) is 3.31. The Balaban J connectivity index is 3.25. The van der Waals surface area contributed by atoms with Crippen LogP contribution in [0.2, 0.25) is 0 Å². The molecule has 0 aliphatic carbocycles. The van der Waals surface area contributed by atoms with Crippen LogP contribution in [0.15, 0.2) is 17.0 Å². The summed E-state index contributed by atoms with van der Waals surface area (Å²) >= 11 is 1.58. The van der Waals surface area contributed by atoms with E-state index in [0.717, 1.165) is 15.9 Å². The van der Waals surface area contributed by atoms with Crippen molar-refractivity contribution in [1.82, 2.24) is 0 Å². The molecule has 0 saturated carbocycles. The third-order valence-corrected chi connectivity index (χ3v) is 2.63. The molecule has 0 saturated heterocycles. The Hall–Kier alpha value is -0.435. The van der Waals surface area contributed by atoms with Crippen molar-refractivity contribution in [3.8, 4) is 0 Å². The predicted molar refractivity (Wildman–Crippen MR) is 51.1 cm³/mol. The van der Waals surface area contributed by atoms with Gasteiger partial charge in [-0.3, -0.25) is 0 Å². The van der Waals surface area contributed by atoms with E-state index in [-0.39, 0.29) is 5.82 Å². The zero-order chi connectivity index (χ0) is 8.43. The Morgan fingerprint density at radius 3 is 2.64 bits per heavy atom. The molecule has 0 aromatic heterocycles. The molecule has 0 aliphatic heterocycles. The monoisotopic (exact) mass is 168 g/mol. The zero-order valence-corrected chi connectivity index (χ0v) is 7.76. The van der Waals surface area contributed by atoms with Crippen LogP contribution in [-0.4, -0.2) is 14.1 Å². The van der Waals surface area contributed by atoms with Gasteiger partial charge in [0.15, 0.2) is 0 Å². The first-order valence-corrected chi connectivity index (χ1v) is 4.69. The van der Waals surface area contributed by atoms with E-state index in [1.165, 1.54) is 0 Å². The van der Waals surface area contributed by atoms with Crippen molar-refractivity contribution >= 4 is 25.1 Å². The topological polar surface area (TPSA) is 0 Å². The molecule has 1 aromatic carbocycles. The number of hydrogen-bond acceptors (Lipinski definition) is 1. The standard InChI is InChI=1S/C8H10BFS/c1-5-7(11-2)4-3-6(9)8(5)10/h3-4H,9H2,1-2H3. The van der Waals surface area contributed by atoms with Crippen LogP contribution in [0.25, 0.3) is 0 Å². The summed E-state index contributed by atoms with van der Waals surface area (Å²) in [6.07, 6.45) is 1.96. The molecule has 0 atom stereocenters. The molecule has 0 unspecified atom stereocenters. The molecule has 0 heterocycles. The van der Waals surface area contributed by atoms with Crippen molar-refractivity contribution in [3.63, 3.8) is 0 Å². The Morgan fingerprint density at radius 2 is 2.09 bits per heavy atom. The Morgan fingerprint density at radius 1 is 1.45 bits per heavy atom. The number of benzene rings is 1. The Bertz CT molecular complexity index is 273. The lowest BCUT2D eigenvalue weighted by atomic mass is 9.94. The molecule has 0 fully saturated rings. The molecular weight excluding hydrogens is 158 g/mol. The van der Waals surface area contributed by atoms with Gasteiger partial charge in [-0.2, -0.15) is 0 Å². The maximum Gasteiger partial charge on any atom is 0.143 e.